The summed E-state index contributed by atoms with van der Waals surface area (Å²) in [6.07, 6.45) is 1.81. The Kier molecular flexibility index (Phi) is 3.00. The predicted octanol–water partition coefficient (Wildman–Crippen LogP) is 0.633. The van der Waals surface area contributed by atoms with E-state index in [2.05, 4.69) is 0 Å². The number of hydroxylamine groups is 1. The van der Waals surface area contributed by atoms with Crippen LogP contribution in [-0.4, -0.2) is 22.1 Å². The molecule has 0 aromatic rings. The average Bonchev–Trinajstić information content (AvgIpc) is 1.86. The molecular weight excluding hydrogens is 138 g/mol. The minimum atomic E-state index is -0.533. The Hall–Kier alpha value is -0.220. The van der Waals surface area contributed by atoms with E-state index in [-0.39, 0.29) is 5.91 Å². The summed E-state index contributed by atoms with van der Waals surface area (Å²) in [4.78, 5) is 10.7. The summed E-state index contributed by atoms with van der Waals surface area (Å²) in [5, 5.41) is 8.19. The van der Waals surface area contributed by atoms with Crippen molar-refractivity contribution in [1.29, 1.82) is 0 Å². The number of rotatable bonds is 2. The SMILES string of the molecule is CSC(C)(C)C(=O)NO. The number of thioether (sulfide) groups is 1. The lowest BCUT2D eigenvalue weighted by molar-refractivity contribution is -0.130. The summed E-state index contributed by atoms with van der Waals surface area (Å²) in [5.74, 6) is -0.366. The molecule has 0 saturated carbocycles. The summed E-state index contributed by atoms with van der Waals surface area (Å²) in [6.45, 7) is 3.48. The Balaban J connectivity index is 3.97. The first kappa shape index (κ1) is 8.78. The summed E-state index contributed by atoms with van der Waals surface area (Å²) in [5.41, 5.74) is 1.60. The zero-order valence-corrected chi connectivity index (χ0v) is 6.58. The van der Waals surface area contributed by atoms with Gasteiger partial charge >= 0.3 is 0 Å². The quantitative estimate of drug-likeness (QED) is 0.447. The zero-order valence-electron chi connectivity index (χ0n) is 5.76. The monoisotopic (exact) mass is 149 g/mol. The molecular formula is C5H11NO2S. The Morgan fingerprint density at radius 2 is 2.11 bits per heavy atom. The molecule has 0 aliphatic heterocycles. The van der Waals surface area contributed by atoms with Gasteiger partial charge in [0.15, 0.2) is 0 Å². The van der Waals surface area contributed by atoms with Crippen LogP contribution in [0.25, 0.3) is 0 Å². The second-order valence-electron chi connectivity index (χ2n) is 2.16. The van der Waals surface area contributed by atoms with Crippen molar-refractivity contribution < 1.29 is 10.0 Å². The van der Waals surface area contributed by atoms with Gasteiger partial charge in [0.2, 0.25) is 0 Å². The number of hydrogen-bond acceptors (Lipinski definition) is 3. The van der Waals surface area contributed by atoms with Gasteiger partial charge < -0.3 is 0 Å². The van der Waals surface area contributed by atoms with Crippen LogP contribution in [0.15, 0.2) is 0 Å². The maximum atomic E-state index is 10.7. The molecule has 54 valence electrons. The molecule has 0 unspecified atom stereocenters. The van der Waals surface area contributed by atoms with E-state index >= 15 is 0 Å². The summed E-state index contributed by atoms with van der Waals surface area (Å²) in [6, 6.07) is 0. The van der Waals surface area contributed by atoms with Crippen LogP contribution < -0.4 is 5.48 Å². The second-order valence-corrected chi connectivity index (χ2v) is 3.58. The van der Waals surface area contributed by atoms with Gasteiger partial charge in [-0.05, 0) is 20.1 Å². The van der Waals surface area contributed by atoms with E-state index in [4.69, 9.17) is 5.21 Å². The number of nitrogens with one attached hydrogen (secondary N) is 1. The molecule has 0 aromatic heterocycles. The molecule has 0 atom stereocenters. The maximum absolute atomic E-state index is 10.7. The molecule has 0 aliphatic rings. The molecule has 0 spiro atoms. The van der Waals surface area contributed by atoms with Crippen LogP contribution in [0, 0.1) is 0 Å². The molecule has 0 fully saturated rings. The molecule has 0 radical (unpaired) electrons. The van der Waals surface area contributed by atoms with E-state index in [9.17, 15) is 4.79 Å². The number of amides is 1. The first-order valence-electron chi connectivity index (χ1n) is 2.54. The largest absolute Gasteiger partial charge is 0.289 e. The van der Waals surface area contributed by atoms with Crippen LogP contribution in [0.2, 0.25) is 0 Å². The van der Waals surface area contributed by atoms with Gasteiger partial charge in [0.25, 0.3) is 5.91 Å². The maximum Gasteiger partial charge on any atom is 0.258 e. The molecule has 9 heavy (non-hydrogen) atoms. The smallest absolute Gasteiger partial charge is 0.258 e. The Morgan fingerprint density at radius 3 is 2.22 bits per heavy atom. The van der Waals surface area contributed by atoms with Crippen molar-refractivity contribution in [1.82, 2.24) is 5.48 Å². The van der Waals surface area contributed by atoms with Crippen molar-refractivity contribution >= 4 is 17.7 Å². The highest BCUT2D eigenvalue weighted by atomic mass is 32.2. The van der Waals surface area contributed by atoms with E-state index in [0.29, 0.717) is 0 Å². The third-order valence-electron chi connectivity index (χ3n) is 1.16. The van der Waals surface area contributed by atoms with Gasteiger partial charge in [0, 0.05) is 0 Å². The molecule has 0 rings (SSSR count). The number of carbonyl (C=O) groups is 1. The van der Waals surface area contributed by atoms with Crippen molar-refractivity contribution in [2.24, 2.45) is 0 Å². The molecule has 4 heteroatoms. The summed E-state index contributed by atoms with van der Waals surface area (Å²) < 4.78 is -0.533. The van der Waals surface area contributed by atoms with E-state index in [1.807, 2.05) is 6.26 Å². The lowest BCUT2D eigenvalue weighted by Gasteiger charge is -2.17. The van der Waals surface area contributed by atoms with Crippen molar-refractivity contribution in [2.45, 2.75) is 18.6 Å². The molecule has 0 aromatic carbocycles. The van der Waals surface area contributed by atoms with Gasteiger partial charge in [0.05, 0.1) is 4.75 Å². The van der Waals surface area contributed by atoms with E-state index in [1.165, 1.54) is 11.8 Å². The lowest BCUT2D eigenvalue weighted by Crippen LogP contribution is -2.37. The topological polar surface area (TPSA) is 49.3 Å². The third kappa shape index (κ3) is 2.24. The van der Waals surface area contributed by atoms with Crippen molar-refractivity contribution in [3.8, 4) is 0 Å². The highest BCUT2D eigenvalue weighted by molar-refractivity contribution is 8.00. The van der Waals surface area contributed by atoms with Crippen molar-refractivity contribution in [2.75, 3.05) is 6.26 Å². The van der Waals surface area contributed by atoms with Gasteiger partial charge in [-0.15, -0.1) is 11.8 Å². The molecule has 0 bridgehead atoms. The van der Waals surface area contributed by atoms with Crippen LogP contribution in [-0.2, 0) is 4.79 Å². The number of hydrogen-bond donors (Lipinski definition) is 2. The van der Waals surface area contributed by atoms with Crippen LogP contribution in [0.3, 0.4) is 0 Å². The molecule has 3 nitrogen and oxygen atoms in total. The fourth-order valence-corrected chi connectivity index (χ4v) is 0.458. The summed E-state index contributed by atoms with van der Waals surface area (Å²) in [7, 11) is 0. The molecule has 2 N–H and O–H groups in total. The Labute approximate surface area is 58.8 Å². The van der Waals surface area contributed by atoms with Gasteiger partial charge in [-0.1, -0.05) is 0 Å². The summed E-state index contributed by atoms with van der Waals surface area (Å²) >= 11 is 1.39. The number of carbonyl (C=O) groups excluding carboxylic acids is 1. The highest BCUT2D eigenvalue weighted by Crippen LogP contribution is 2.20. The highest BCUT2D eigenvalue weighted by Gasteiger charge is 2.25. The molecule has 0 aliphatic carbocycles. The van der Waals surface area contributed by atoms with Crippen molar-refractivity contribution in [3.05, 3.63) is 0 Å². The standard InChI is InChI=1S/C5H11NO2S/c1-5(2,9-3)4(7)6-8/h8H,1-3H3,(H,6,7). The zero-order chi connectivity index (χ0) is 7.49. The Morgan fingerprint density at radius 1 is 1.67 bits per heavy atom. The second kappa shape index (κ2) is 3.08. The first-order valence-corrected chi connectivity index (χ1v) is 3.76. The van der Waals surface area contributed by atoms with E-state index < -0.39 is 4.75 Å². The first-order chi connectivity index (χ1) is 4.04. The van der Waals surface area contributed by atoms with Crippen LogP contribution in [0.1, 0.15) is 13.8 Å². The fourth-order valence-electron chi connectivity index (χ4n) is 0.227. The van der Waals surface area contributed by atoms with Crippen LogP contribution in [0.4, 0.5) is 0 Å². The normalized spacial score (nSPS) is 11.1. The molecule has 0 saturated heterocycles. The minimum Gasteiger partial charge on any atom is -0.289 e. The third-order valence-corrected chi connectivity index (χ3v) is 2.36. The molecule has 1 amide bonds. The minimum absolute atomic E-state index is 0.366. The molecule has 0 heterocycles. The van der Waals surface area contributed by atoms with E-state index in [0.717, 1.165) is 0 Å². The Bertz CT molecular complexity index is 114. The van der Waals surface area contributed by atoms with Gasteiger partial charge in [0.1, 0.15) is 0 Å². The van der Waals surface area contributed by atoms with Gasteiger partial charge in [-0.2, -0.15) is 0 Å². The predicted molar refractivity (Wildman–Crippen MR) is 37.5 cm³/mol. The van der Waals surface area contributed by atoms with Crippen LogP contribution >= 0.6 is 11.8 Å². The average molecular weight is 149 g/mol. The van der Waals surface area contributed by atoms with Crippen LogP contribution in [0.5, 0.6) is 0 Å². The lowest BCUT2D eigenvalue weighted by atomic mass is 10.2. The van der Waals surface area contributed by atoms with Crippen molar-refractivity contribution in [3.63, 3.8) is 0 Å². The fraction of sp³-hybridized carbons (Fsp3) is 0.800. The van der Waals surface area contributed by atoms with E-state index in [1.54, 1.807) is 19.3 Å². The van der Waals surface area contributed by atoms with Gasteiger partial charge in [-0.25, -0.2) is 5.48 Å². The van der Waals surface area contributed by atoms with Gasteiger partial charge in [-0.3, -0.25) is 10.0 Å².